The van der Waals surface area contributed by atoms with Crippen molar-refractivity contribution in [2.45, 2.75) is 32.4 Å². The van der Waals surface area contributed by atoms with E-state index < -0.39 is 0 Å². The zero-order valence-electron chi connectivity index (χ0n) is 13.5. The first-order valence-corrected chi connectivity index (χ1v) is 8.41. The molecule has 0 bridgehead atoms. The van der Waals surface area contributed by atoms with Crippen LogP contribution in [0.25, 0.3) is 0 Å². The van der Waals surface area contributed by atoms with Gasteiger partial charge >= 0.3 is 0 Å². The summed E-state index contributed by atoms with van der Waals surface area (Å²) in [5.74, 6) is 0.0333. The summed E-state index contributed by atoms with van der Waals surface area (Å²) in [7, 11) is 0. The van der Waals surface area contributed by atoms with Gasteiger partial charge in [0.05, 0.1) is 6.04 Å². The summed E-state index contributed by atoms with van der Waals surface area (Å²) >= 11 is 0. The van der Waals surface area contributed by atoms with E-state index in [0.717, 1.165) is 31.9 Å². The lowest BCUT2D eigenvalue weighted by Crippen LogP contribution is -2.41. The minimum absolute atomic E-state index is 0.0333. The highest BCUT2D eigenvalue weighted by Crippen LogP contribution is 2.27. The van der Waals surface area contributed by atoms with Gasteiger partial charge < -0.3 is 14.4 Å². The molecule has 0 saturated carbocycles. The van der Waals surface area contributed by atoms with E-state index in [4.69, 9.17) is 0 Å². The molecule has 23 heavy (non-hydrogen) atoms. The predicted molar refractivity (Wildman–Crippen MR) is 89.6 cm³/mol. The normalized spacial score (nSPS) is 20.7. The Morgan fingerprint density at radius 2 is 2.00 bits per heavy atom. The third-order valence-corrected chi connectivity index (χ3v) is 5.04. The van der Waals surface area contributed by atoms with Gasteiger partial charge in [-0.2, -0.15) is 0 Å². The van der Waals surface area contributed by atoms with Crippen LogP contribution in [0.4, 0.5) is 5.69 Å². The standard InChI is InChI=1S/C18H22N4O/c1-14-17-5-4-10-21(17)11-12-22(14)18(23)16-13-15(6-7-19-16)20-8-2-3-9-20/h4-7,10,13-14H,2-3,8-9,11-12H2,1H3. The molecule has 0 spiro atoms. The van der Waals surface area contributed by atoms with Crippen LogP contribution in [0.5, 0.6) is 0 Å². The number of hydrogen-bond acceptors (Lipinski definition) is 3. The summed E-state index contributed by atoms with van der Waals surface area (Å²) in [5, 5.41) is 0. The third kappa shape index (κ3) is 2.50. The largest absolute Gasteiger partial charge is 0.371 e. The highest BCUT2D eigenvalue weighted by atomic mass is 16.2. The maximum atomic E-state index is 12.9. The Labute approximate surface area is 136 Å². The van der Waals surface area contributed by atoms with E-state index in [9.17, 15) is 4.79 Å². The van der Waals surface area contributed by atoms with Crippen molar-refractivity contribution in [3.63, 3.8) is 0 Å². The minimum Gasteiger partial charge on any atom is -0.371 e. The fraction of sp³-hybridized carbons (Fsp3) is 0.444. The molecule has 2 aliphatic heterocycles. The van der Waals surface area contributed by atoms with Crippen molar-refractivity contribution in [1.29, 1.82) is 0 Å². The first-order valence-electron chi connectivity index (χ1n) is 8.41. The summed E-state index contributed by atoms with van der Waals surface area (Å²) in [6, 6.07) is 8.19. The second kappa shape index (κ2) is 5.72. The zero-order chi connectivity index (χ0) is 15.8. The molecule has 2 aromatic heterocycles. The molecule has 4 rings (SSSR count). The summed E-state index contributed by atoms with van der Waals surface area (Å²) in [6.45, 7) is 5.82. The van der Waals surface area contributed by atoms with Crippen LogP contribution in [-0.2, 0) is 6.54 Å². The maximum absolute atomic E-state index is 12.9. The van der Waals surface area contributed by atoms with Crippen LogP contribution in [0, 0.1) is 0 Å². The number of hydrogen-bond donors (Lipinski definition) is 0. The molecule has 1 fully saturated rings. The number of rotatable bonds is 2. The first-order chi connectivity index (χ1) is 11.2. The number of carbonyl (C=O) groups excluding carboxylic acids is 1. The molecule has 2 aromatic rings. The number of anilines is 1. The fourth-order valence-corrected chi connectivity index (χ4v) is 3.71. The van der Waals surface area contributed by atoms with Gasteiger partial charge in [-0.25, -0.2) is 0 Å². The molecule has 120 valence electrons. The lowest BCUT2D eigenvalue weighted by molar-refractivity contribution is 0.0638. The molecule has 0 aliphatic carbocycles. The van der Waals surface area contributed by atoms with Gasteiger partial charge in [-0.15, -0.1) is 0 Å². The molecule has 2 aliphatic rings. The molecule has 1 atom stereocenters. The quantitative estimate of drug-likeness (QED) is 0.856. The molecule has 4 heterocycles. The zero-order valence-corrected chi connectivity index (χ0v) is 13.5. The van der Waals surface area contributed by atoms with Crippen LogP contribution >= 0.6 is 0 Å². The number of nitrogens with zero attached hydrogens (tertiary/aromatic N) is 4. The van der Waals surface area contributed by atoms with E-state index in [1.54, 1.807) is 6.20 Å². The summed E-state index contributed by atoms with van der Waals surface area (Å²) in [6.07, 6.45) is 6.30. The van der Waals surface area contributed by atoms with E-state index in [2.05, 4.69) is 33.6 Å². The molecular formula is C18H22N4O. The average molecular weight is 310 g/mol. The Bertz CT molecular complexity index is 717. The molecule has 1 amide bonds. The van der Waals surface area contributed by atoms with Gasteiger partial charge in [-0.05, 0) is 44.0 Å². The SMILES string of the molecule is CC1c2cccn2CCN1C(=O)c1cc(N2CCCC2)ccn1. The van der Waals surface area contributed by atoms with Crippen molar-refractivity contribution in [2.24, 2.45) is 0 Å². The minimum atomic E-state index is 0.0333. The van der Waals surface area contributed by atoms with Crippen LogP contribution in [0.15, 0.2) is 36.7 Å². The first kappa shape index (κ1) is 14.3. The number of aromatic nitrogens is 2. The number of pyridine rings is 1. The Morgan fingerprint density at radius 3 is 2.83 bits per heavy atom. The fourth-order valence-electron chi connectivity index (χ4n) is 3.71. The maximum Gasteiger partial charge on any atom is 0.273 e. The molecule has 1 saturated heterocycles. The predicted octanol–water partition coefficient (Wildman–Crippen LogP) is 2.70. The highest BCUT2D eigenvalue weighted by molar-refractivity contribution is 5.93. The van der Waals surface area contributed by atoms with Crippen molar-refractivity contribution >= 4 is 11.6 Å². The molecule has 5 nitrogen and oxygen atoms in total. The van der Waals surface area contributed by atoms with Crippen LogP contribution in [0.3, 0.4) is 0 Å². The van der Waals surface area contributed by atoms with Crippen LogP contribution < -0.4 is 4.90 Å². The van der Waals surface area contributed by atoms with Crippen LogP contribution in [0.1, 0.15) is 42.0 Å². The van der Waals surface area contributed by atoms with Gasteiger partial charge in [0.2, 0.25) is 0 Å². The van der Waals surface area contributed by atoms with Gasteiger partial charge in [0.15, 0.2) is 0 Å². The molecular weight excluding hydrogens is 288 g/mol. The molecule has 1 unspecified atom stereocenters. The van der Waals surface area contributed by atoms with E-state index in [-0.39, 0.29) is 11.9 Å². The molecule has 0 N–H and O–H groups in total. The van der Waals surface area contributed by atoms with Crippen molar-refractivity contribution in [3.05, 3.63) is 48.0 Å². The van der Waals surface area contributed by atoms with Crippen LogP contribution in [0.2, 0.25) is 0 Å². The molecule has 5 heteroatoms. The Kier molecular flexibility index (Phi) is 3.56. The summed E-state index contributed by atoms with van der Waals surface area (Å²) in [5.41, 5.74) is 2.87. The number of carbonyl (C=O) groups is 1. The van der Waals surface area contributed by atoms with E-state index >= 15 is 0 Å². The van der Waals surface area contributed by atoms with Gasteiger partial charge in [-0.1, -0.05) is 0 Å². The van der Waals surface area contributed by atoms with E-state index in [1.165, 1.54) is 18.5 Å². The Hall–Kier alpha value is -2.30. The monoisotopic (exact) mass is 310 g/mol. The average Bonchev–Trinajstić information content (AvgIpc) is 3.26. The second-order valence-corrected chi connectivity index (χ2v) is 6.39. The van der Waals surface area contributed by atoms with E-state index in [1.807, 2.05) is 23.1 Å². The lowest BCUT2D eigenvalue weighted by atomic mass is 10.1. The Balaban J connectivity index is 1.58. The Morgan fingerprint density at radius 1 is 1.17 bits per heavy atom. The van der Waals surface area contributed by atoms with Crippen LogP contribution in [-0.4, -0.2) is 40.0 Å². The molecule has 0 aromatic carbocycles. The van der Waals surface area contributed by atoms with Gasteiger partial charge in [0.1, 0.15) is 5.69 Å². The van der Waals surface area contributed by atoms with E-state index in [0.29, 0.717) is 5.69 Å². The smallest absolute Gasteiger partial charge is 0.273 e. The number of amides is 1. The summed E-state index contributed by atoms with van der Waals surface area (Å²) in [4.78, 5) is 21.6. The van der Waals surface area contributed by atoms with Crippen molar-refractivity contribution in [2.75, 3.05) is 24.5 Å². The van der Waals surface area contributed by atoms with Gasteiger partial charge in [0, 0.05) is 50.0 Å². The highest BCUT2D eigenvalue weighted by Gasteiger charge is 2.29. The van der Waals surface area contributed by atoms with Crippen molar-refractivity contribution in [1.82, 2.24) is 14.5 Å². The number of fused-ring (bicyclic) bond motifs is 1. The second-order valence-electron chi connectivity index (χ2n) is 6.39. The third-order valence-electron chi connectivity index (χ3n) is 5.04. The molecule has 0 radical (unpaired) electrons. The van der Waals surface area contributed by atoms with Gasteiger partial charge in [0.25, 0.3) is 5.91 Å². The van der Waals surface area contributed by atoms with Gasteiger partial charge in [-0.3, -0.25) is 9.78 Å². The lowest BCUT2D eigenvalue weighted by Gasteiger charge is -2.34. The van der Waals surface area contributed by atoms with Crippen molar-refractivity contribution in [3.8, 4) is 0 Å². The van der Waals surface area contributed by atoms with Crippen molar-refractivity contribution < 1.29 is 4.79 Å². The summed E-state index contributed by atoms with van der Waals surface area (Å²) < 4.78 is 2.22. The topological polar surface area (TPSA) is 41.4 Å².